The quantitative estimate of drug-likeness (QED) is 0.364. The third kappa shape index (κ3) is 4.19. The maximum atomic E-state index is 13.0. The second-order valence-corrected chi connectivity index (χ2v) is 7.66. The summed E-state index contributed by atoms with van der Waals surface area (Å²) in [6.45, 7) is 0.279. The first-order chi connectivity index (χ1) is 16.1. The molecule has 0 aliphatic heterocycles. The first kappa shape index (κ1) is 20.5. The molecule has 0 unspecified atom stereocenters. The van der Waals surface area contributed by atoms with Gasteiger partial charge in [0.2, 0.25) is 5.91 Å². The number of nitrogens with zero attached hydrogens (tertiary/aromatic N) is 2. The van der Waals surface area contributed by atoms with Crippen LogP contribution in [0.2, 0.25) is 0 Å². The van der Waals surface area contributed by atoms with Gasteiger partial charge >= 0.3 is 0 Å². The van der Waals surface area contributed by atoms with E-state index < -0.39 is 0 Å². The SMILES string of the molecule is O=C(/C=C/c1ccc(F)cc1)NCc1cc2c3ccccc3n(-c3ccc(O)cc3)c2cn1. The molecule has 0 saturated heterocycles. The van der Waals surface area contributed by atoms with Crippen molar-refractivity contribution in [1.29, 1.82) is 0 Å². The molecule has 1 amide bonds. The molecule has 5 aromatic rings. The van der Waals surface area contributed by atoms with Crippen molar-refractivity contribution in [3.05, 3.63) is 108 Å². The molecule has 0 fully saturated rings. The Morgan fingerprint density at radius 2 is 1.73 bits per heavy atom. The minimum absolute atomic E-state index is 0.212. The molecule has 0 atom stereocenters. The minimum Gasteiger partial charge on any atom is -0.508 e. The van der Waals surface area contributed by atoms with Crippen LogP contribution in [0.5, 0.6) is 5.75 Å². The highest BCUT2D eigenvalue weighted by atomic mass is 19.1. The summed E-state index contributed by atoms with van der Waals surface area (Å²) in [7, 11) is 0. The van der Waals surface area contributed by atoms with Gasteiger partial charge in [-0.05, 0) is 60.2 Å². The average molecular weight is 437 g/mol. The number of hydrogen-bond acceptors (Lipinski definition) is 3. The highest BCUT2D eigenvalue weighted by molar-refractivity contribution is 6.09. The Balaban J connectivity index is 1.41. The second-order valence-electron chi connectivity index (χ2n) is 7.66. The Hall–Kier alpha value is -4.45. The molecular weight excluding hydrogens is 417 g/mol. The van der Waals surface area contributed by atoms with E-state index in [2.05, 4.69) is 20.9 Å². The standard InChI is InChI=1S/C27H20FN3O2/c28-19-8-5-18(6-9-19)7-14-27(33)30-16-20-15-24-23-3-1-2-4-25(23)31(26(24)17-29-20)21-10-12-22(32)13-11-21/h1-15,17,32H,16H2,(H,30,33)/b14-7+. The van der Waals surface area contributed by atoms with Gasteiger partial charge in [-0.3, -0.25) is 9.78 Å². The zero-order valence-corrected chi connectivity index (χ0v) is 17.6. The summed E-state index contributed by atoms with van der Waals surface area (Å²) in [5.74, 6) is -0.360. The lowest BCUT2D eigenvalue weighted by atomic mass is 10.1. The highest BCUT2D eigenvalue weighted by Gasteiger charge is 2.13. The van der Waals surface area contributed by atoms with Crippen molar-refractivity contribution in [3.63, 3.8) is 0 Å². The van der Waals surface area contributed by atoms with E-state index in [1.165, 1.54) is 18.2 Å². The number of aromatic nitrogens is 2. The van der Waals surface area contributed by atoms with Crippen molar-refractivity contribution in [3.8, 4) is 11.4 Å². The van der Waals surface area contributed by atoms with Crippen LogP contribution < -0.4 is 5.32 Å². The van der Waals surface area contributed by atoms with Crippen molar-refractivity contribution < 1.29 is 14.3 Å². The number of phenolic OH excluding ortho intramolecular Hbond substituents is 1. The molecule has 3 aromatic carbocycles. The summed E-state index contributed by atoms with van der Waals surface area (Å²) in [6.07, 6.45) is 4.86. The van der Waals surface area contributed by atoms with E-state index in [-0.39, 0.29) is 24.0 Å². The lowest BCUT2D eigenvalue weighted by Gasteiger charge is -2.08. The zero-order valence-electron chi connectivity index (χ0n) is 17.6. The molecule has 5 nitrogen and oxygen atoms in total. The molecule has 2 heterocycles. The summed E-state index contributed by atoms with van der Waals surface area (Å²) >= 11 is 0. The summed E-state index contributed by atoms with van der Waals surface area (Å²) in [5.41, 5.74) is 4.37. The van der Waals surface area contributed by atoms with Crippen LogP contribution in [0.4, 0.5) is 4.39 Å². The molecule has 0 radical (unpaired) electrons. The number of rotatable bonds is 5. The molecule has 5 rings (SSSR count). The van der Waals surface area contributed by atoms with Gasteiger partial charge in [-0.25, -0.2) is 4.39 Å². The van der Waals surface area contributed by atoms with Gasteiger partial charge in [-0.2, -0.15) is 0 Å². The second kappa shape index (κ2) is 8.59. The van der Waals surface area contributed by atoms with Gasteiger partial charge < -0.3 is 15.0 Å². The van der Waals surface area contributed by atoms with E-state index in [0.717, 1.165) is 38.8 Å². The number of hydrogen-bond donors (Lipinski definition) is 2. The Morgan fingerprint density at radius 1 is 0.970 bits per heavy atom. The summed E-state index contributed by atoms with van der Waals surface area (Å²) < 4.78 is 15.1. The van der Waals surface area contributed by atoms with Gasteiger partial charge in [-0.15, -0.1) is 0 Å². The summed E-state index contributed by atoms with van der Waals surface area (Å²) in [4.78, 5) is 16.8. The number of phenols is 1. The molecule has 33 heavy (non-hydrogen) atoms. The first-order valence-corrected chi connectivity index (χ1v) is 10.5. The van der Waals surface area contributed by atoms with Crippen LogP contribution in [0.1, 0.15) is 11.3 Å². The molecule has 0 aliphatic carbocycles. The van der Waals surface area contributed by atoms with E-state index in [9.17, 15) is 14.3 Å². The predicted molar refractivity (Wildman–Crippen MR) is 128 cm³/mol. The largest absolute Gasteiger partial charge is 0.508 e. The molecule has 0 saturated carbocycles. The number of aromatic hydroxyl groups is 1. The van der Waals surface area contributed by atoms with Crippen LogP contribution in [0.25, 0.3) is 33.6 Å². The van der Waals surface area contributed by atoms with Crippen LogP contribution in [0.3, 0.4) is 0 Å². The number of pyridine rings is 1. The normalized spacial score (nSPS) is 11.4. The lowest BCUT2D eigenvalue weighted by molar-refractivity contribution is -0.116. The van der Waals surface area contributed by atoms with Gasteiger partial charge in [0.15, 0.2) is 0 Å². The number of nitrogens with one attached hydrogen (secondary N) is 1. The van der Waals surface area contributed by atoms with Gasteiger partial charge in [0.05, 0.1) is 29.5 Å². The van der Waals surface area contributed by atoms with Gasteiger partial charge in [0.25, 0.3) is 0 Å². The van der Waals surface area contributed by atoms with E-state index in [1.807, 2.05) is 36.4 Å². The van der Waals surface area contributed by atoms with Crippen LogP contribution in [-0.4, -0.2) is 20.6 Å². The molecular formula is C27H20FN3O2. The van der Waals surface area contributed by atoms with Gasteiger partial charge in [0, 0.05) is 22.5 Å². The maximum Gasteiger partial charge on any atom is 0.244 e. The van der Waals surface area contributed by atoms with Crippen molar-refractivity contribution in [2.24, 2.45) is 0 Å². The number of halogens is 1. The fraction of sp³-hybridized carbons (Fsp3) is 0.0370. The van der Waals surface area contributed by atoms with Crippen LogP contribution in [0, 0.1) is 5.82 Å². The predicted octanol–water partition coefficient (Wildman–Crippen LogP) is 5.35. The molecule has 0 aliphatic rings. The molecule has 0 bridgehead atoms. The Kier molecular flexibility index (Phi) is 5.32. The number of carbonyl (C=O) groups is 1. The summed E-state index contributed by atoms with van der Waals surface area (Å²) in [6, 6.07) is 23.0. The van der Waals surface area contributed by atoms with Gasteiger partial charge in [-0.1, -0.05) is 30.3 Å². The lowest BCUT2D eigenvalue weighted by Crippen LogP contribution is -2.20. The van der Waals surface area contributed by atoms with E-state index in [4.69, 9.17) is 0 Å². The van der Waals surface area contributed by atoms with Crippen LogP contribution >= 0.6 is 0 Å². The molecule has 0 spiro atoms. The van der Waals surface area contributed by atoms with E-state index in [0.29, 0.717) is 0 Å². The highest BCUT2D eigenvalue weighted by Crippen LogP contribution is 2.32. The Labute approximate surface area is 189 Å². The van der Waals surface area contributed by atoms with E-state index >= 15 is 0 Å². The van der Waals surface area contributed by atoms with Crippen molar-refractivity contribution >= 4 is 33.8 Å². The number of amides is 1. The van der Waals surface area contributed by atoms with E-state index in [1.54, 1.807) is 36.5 Å². The monoisotopic (exact) mass is 437 g/mol. The molecule has 2 aromatic heterocycles. The average Bonchev–Trinajstić information content (AvgIpc) is 3.17. The Morgan fingerprint density at radius 3 is 2.52 bits per heavy atom. The third-order valence-electron chi connectivity index (χ3n) is 5.46. The third-order valence-corrected chi connectivity index (χ3v) is 5.46. The van der Waals surface area contributed by atoms with Crippen molar-refractivity contribution in [1.82, 2.24) is 14.9 Å². The van der Waals surface area contributed by atoms with Crippen molar-refractivity contribution in [2.45, 2.75) is 6.54 Å². The topological polar surface area (TPSA) is 67.2 Å². The smallest absolute Gasteiger partial charge is 0.244 e. The first-order valence-electron chi connectivity index (χ1n) is 10.5. The summed E-state index contributed by atoms with van der Waals surface area (Å²) in [5, 5.41) is 14.6. The van der Waals surface area contributed by atoms with Crippen LogP contribution in [0.15, 0.2) is 91.1 Å². The Bertz CT molecular complexity index is 1490. The molecule has 6 heteroatoms. The minimum atomic E-state index is -0.315. The van der Waals surface area contributed by atoms with Crippen molar-refractivity contribution in [2.75, 3.05) is 0 Å². The fourth-order valence-electron chi connectivity index (χ4n) is 3.87. The fourth-order valence-corrected chi connectivity index (χ4v) is 3.87. The van der Waals surface area contributed by atoms with Crippen LogP contribution in [-0.2, 0) is 11.3 Å². The number of carbonyl (C=O) groups excluding carboxylic acids is 1. The molecule has 162 valence electrons. The zero-order chi connectivity index (χ0) is 22.8. The maximum absolute atomic E-state index is 13.0. The number of fused-ring (bicyclic) bond motifs is 3. The number of benzene rings is 3. The number of para-hydroxylation sites is 1. The van der Waals surface area contributed by atoms with Gasteiger partial charge in [0.1, 0.15) is 11.6 Å². The molecule has 2 N–H and O–H groups in total.